The quantitative estimate of drug-likeness (QED) is 0.649. The number of carbonyl (C=O) groups excluding carboxylic acids is 1. The van der Waals surface area contributed by atoms with E-state index in [1.165, 1.54) is 6.20 Å². The molecule has 0 bridgehead atoms. The van der Waals surface area contributed by atoms with Gasteiger partial charge in [-0.2, -0.15) is 0 Å². The Morgan fingerprint density at radius 1 is 1.39 bits per heavy atom. The Balaban J connectivity index is -0.000000317. The minimum absolute atomic E-state index is 0.196. The molecule has 0 saturated carbocycles. The predicted octanol–water partition coefficient (Wildman–Crippen LogP) is 1.42. The van der Waals surface area contributed by atoms with E-state index >= 15 is 0 Å². The second-order valence-corrected chi connectivity index (χ2v) is 3.43. The smallest absolute Gasteiger partial charge is 0.220 e. The fourth-order valence-corrected chi connectivity index (χ4v) is 0.784. The number of amides is 1. The molecule has 1 unspecified atom stereocenters. The normalized spacial score (nSPS) is 12.0. The molecule has 0 aromatic heterocycles. The summed E-state index contributed by atoms with van der Waals surface area (Å²) in [5.41, 5.74) is 16.2. The average Bonchev–Trinajstić information content (AvgIpc) is 2.40. The van der Waals surface area contributed by atoms with Gasteiger partial charge < -0.3 is 17.2 Å². The highest BCUT2D eigenvalue weighted by Crippen LogP contribution is 2.07. The molecule has 5 heteroatoms. The van der Waals surface area contributed by atoms with Crippen LogP contribution in [0.5, 0.6) is 0 Å². The molecule has 0 rings (SSSR count). The molecule has 0 radical (unpaired) electrons. The van der Waals surface area contributed by atoms with Gasteiger partial charge in [-0.15, -0.1) is 0 Å². The van der Waals surface area contributed by atoms with Crippen molar-refractivity contribution in [2.75, 3.05) is 13.6 Å². The Hall–Kier alpha value is -1.36. The summed E-state index contributed by atoms with van der Waals surface area (Å²) in [7, 11) is 1.65. The molecule has 5 nitrogen and oxygen atoms in total. The molecular weight excluding hydrogens is 228 g/mol. The van der Waals surface area contributed by atoms with E-state index < -0.39 is 0 Å². The second kappa shape index (κ2) is 18.0. The summed E-state index contributed by atoms with van der Waals surface area (Å²) in [4.78, 5) is 14.5. The summed E-state index contributed by atoms with van der Waals surface area (Å²) in [5.74, 6) is -0.517. The summed E-state index contributed by atoms with van der Waals surface area (Å²) >= 11 is 0. The molecule has 6 N–H and O–H groups in total. The van der Waals surface area contributed by atoms with Gasteiger partial charge in [0.2, 0.25) is 5.91 Å². The van der Waals surface area contributed by atoms with Crippen molar-refractivity contribution < 1.29 is 4.79 Å². The molecule has 1 amide bonds. The van der Waals surface area contributed by atoms with Gasteiger partial charge in [0.15, 0.2) is 0 Å². The van der Waals surface area contributed by atoms with E-state index in [1.807, 2.05) is 13.8 Å². The Bertz CT molecular complexity index is 235. The van der Waals surface area contributed by atoms with Crippen LogP contribution in [-0.4, -0.2) is 25.7 Å². The van der Waals surface area contributed by atoms with Crippen LogP contribution in [0, 0.1) is 5.92 Å². The van der Waals surface area contributed by atoms with Crippen LogP contribution in [0.1, 0.15) is 40.5 Å². The number of hydrogen-bond acceptors (Lipinski definition) is 4. The molecule has 0 fully saturated rings. The third kappa shape index (κ3) is 17.0. The first-order chi connectivity index (χ1) is 8.53. The topological polar surface area (TPSA) is 107 Å². The monoisotopic (exact) mass is 258 g/mol. The minimum atomic E-state index is -0.321. The highest BCUT2D eigenvalue weighted by Gasteiger charge is 2.09. The summed E-state index contributed by atoms with van der Waals surface area (Å²) in [6.45, 7) is 8.63. The maximum atomic E-state index is 10.7. The molecule has 1 atom stereocenters. The molecular formula is C13H30N4O. The zero-order valence-corrected chi connectivity index (χ0v) is 12.4. The van der Waals surface area contributed by atoms with Crippen LogP contribution < -0.4 is 17.2 Å². The molecule has 0 aliphatic rings. The molecule has 108 valence electrons. The van der Waals surface area contributed by atoms with Crippen LogP contribution in [0.25, 0.3) is 0 Å². The van der Waals surface area contributed by atoms with Crippen LogP contribution in [0.15, 0.2) is 16.8 Å². The third-order valence-electron chi connectivity index (χ3n) is 1.83. The number of nitrogens with zero attached hydrogens (tertiary/aromatic N) is 1. The third-order valence-corrected chi connectivity index (χ3v) is 1.83. The lowest BCUT2D eigenvalue weighted by Crippen LogP contribution is -2.21. The molecule has 0 aliphatic heterocycles. The van der Waals surface area contributed by atoms with Crippen molar-refractivity contribution in [2.45, 2.75) is 40.5 Å². The summed E-state index contributed by atoms with van der Waals surface area (Å²) in [5, 5.41) is 0. The van der Waals surface area contributed by atoms with Gasteiger partial charge in [0.05, 0.1) is 0 Å². The van der Waals surface area contributed by atoms with Crippen LogP contribution in [0.3, 0.4) is 0 Å². The predicted molar refractivity (Wildman–Crippen MR) is 80.4 cm³/mol. The Labute approximate surface area is 112 Å². The Morgan fingerprint density at radius 2 is 1.83 bits per heavy atom. The van der Waals surface area contributed by atoms with Gasteiger partial charge in [0, 0.05) is 19.2 Å². The van der Waals surface area contributed by atoms with Crippen LogP contribution in [0.2, 0.25) is 0 Å². The van der Waals surface area contributed by atoms with Crippen molar-refractivity contribution in [3.8, 4) is 0 Å². The van der Waals surface area contributed by atoms with E-state index in [9.17, 15) is 4.79 Å². The maximum absolute atomic E-state index is 10.7. The fraction of sp³-hybridized carbons (Fsp3) is 0.692. The molecule has 0 spiro atoms. The zero-order valence-electron chi connectivity index (χ0n) is 12.4. The highest BCUT2D eigenvalue weighted by molar-refractivity contribution is 5.82. The molecule has 0 aromatic rings. The standard InChI is InChI=1S/C8H15N3O.C3H9N.C2H6/c1-6(8(10)12)3-7(4-9)5-11-2;1-2-3-4;1-2/h4-6H,3,9H2,1-2H3,(H2,10,12);2-4H2,1H3;1-2H3/b7-4-,11-5?;;. The largest absolute Gasteiger partial charge is 0.404 e. The van der Waals surface area contributed by atoms with Gasteiger partial charge in [-0.1, -0.05) is 27.7 Å². The van der Waals surface area contributed by atoms with Gasteiger partial charge in [-0.05, 0) is 31.2 Å². The Morgan fingerprint density at radius 3 is 2.06 bits per heavy atom. The van der Waals surface area contributed by atoms with Gasteiger partial charge in [0.1, 0.15) is 0 Å². The van der Waals surface area contributed by atoms with E-state index in [-0.39, 0.29) is 11.8 Å². The number of rotatable bonds is 5. The van der Waals surface area contributed by atoms with Crippen molar-refractivity contribution in [2.24, 2.45) is 28.1 Å². The van der Waals surface area contributed by atoms with Gasteiger partial charge in [-0.3, -0.25) is 9.79 Å². The van der Waals surface area contributed by atoms with Gasteiger partial charge >= 0.3 is 0 Å². The van der Waals surface area contributed by atoms with Crippen LogP contribution in [0.4, 0.5) is 0 Å². The minimum Gasteiger partial charge on any atom is -0.404 e. The lowest BCUT2D eigenvalue weighted by atomic mass is 10.0. The summed E-state index contributed by atoms with van der Waals surface area (Å²) in [6.07, 6.45) is 4.70. The number of carbonyl (C=O) groups is 1. The summed E-state index contributed by atoms with van der Waals surface area (Å²) in [6, 6.07) is 0. The maximum Gasteiger partial charge on any atom is 0.220 e. The van der Waals surface area contributed by atoms with E-state index in [1.54, 1.807) is 20.2 Å². The molecule has 18 heavy (non-hydrogen) atoms. The molecule has 0 heterocycles. The first-order valence-electron chi connectivity index (χ1n) is 6.35. The van der Waals surface area contributed by atoms with E-state index in [0.717, 1.165) is 18.5 Å². The first-order valence-corrected chi connectivity index (χ1v) is 6.35. The number of aliphatic imine (C=N–C) groups is 1. The SMILES string of the molecule is CC.CCCN.CN=C/C(=C\N)CC(C)C(N)=O. The van der Waals surface area contributed by atoms with Crippen LogP contribution in [-0.2, 0) is 4.79 Å². The summed E-state index contributed by atoms with van der Waals surface area (Å²) < 4.78 is 0. The number of nitrogens with two attached hydrogens (primary N) is 3. The zero-order chi connectivity index (χ0) is 15.0. The van der Waals surface area contributed by atoms with Crippen molar-refractivity contribution >= 4 is 12.1 Å². The van der Waals surface area contributed by atoms with Crippen molar-refractivity contribution in [3.63, 3.8) is 0 Å². The Kier molecular flexibility index (Phi) is 21.9. The second-order valence-electron chi connectivity index (χ2n) is 3.43. The van der Waals surface area contributed by atoms with E-state index in [0.29, 0.717) is 6.42 Å². The first kappa shape index (κ1) is 21.9. The van der Waals surface area contributed by atoms with E-state index in [2.05, 4.69) is 11.9 Å². The van der Waals surface area contributed by atoms with E-state index in [4.69, 9.17) is 17.2 Å². The molecule has 0 saturated heterocycles. The highest BCUT2D eigenvalue weighted by atomic mass is 16.1. The van der Waals surface area contributed by atoms with Crippen molar-refractivity contribution in [3.05, 3.63) is 11.8 Å². The van der Waals surface area contributed by atoms with Crippen molar-refractivity contribution in [1.82, 2.24) is 0 Å². The van der Waals surface area contributed by atoms with Crippen LogP contribution >= 0.6 is 0 Å². The lowest BCUT2D eigenvalue weighted by molar-refractivity contribution is -0.121. The lowest BCUT2D eigenvalue weighted by Gasteiger charge is -2.05. The number of hydrogen-bond donors (Lipinski definition) is 3. The van der Waals surface area contributed by atoms with Crippen molar-refractivity contribution in [1.29, 1.82) is 0 Å². The average molecular weight is 258 g/mol. The van der Waals surface area contributed by atoms with Gasteiger partial charge in [-0.25, -0.2) is 0 Å². The molecule has 0 aromatic carbocycles. The fourth-order valence-electron chi connectivity index (χ4n) is 0.784. The number of primary amides is 1. The number of allylic oxidation sites excluding steroid dienone is 1. The molecule has 0 aliphatic carbocycles. The van der Waals surface area contributed by atoms with Gasteiger partial charge in [0.25, 0.3) is 0 Å².